The highest BCUT2D eigenvalue weighted by Crippen LogP contribution is 2.40. The number of ether oxygens (including phenoxy) is 1. The fraction of sp³-hybridized carbons (Fsp3) is 0.227. The summed E-state index contributed by atoms with van der Waals surface area (Å²) in [7, 11) is 5.11. The molecule has 0 fully saturated rings. The Bertz CT molecular complexity index is 1030. The first kappa shape index (κ1) is 19.2. The van der Waals surface area contributed by atoms with Crippen LogP contribution in [-0.4, -0.2) is 32.0 Å². The van der Waals surface area contributed by atoms with E-state index in [4.69, 9.17) is 9.15 Å². The van der Waals surface area contributed by atoms with E-state index in [1.54, 1.807) is 38.4 Å². The van der Waals surface area contributed by atoms with E-state index in [-0.39, 0.29) is 5.91 Å². The zero-order valence-corrected chi connectivity index (χ0v) is 17.7. The number of allylic oxidation sites excluding steroid dienone is 1. The van der Waals surface area contributed by atoms with Crippen molar-refractivity contribution in [2.75, 3.05) is 21.2 Å². The molecular weight excluding hydrogens is 406 g/mol. The van der Waals surface area contributed by atoms with Crippen molar-refractivity contribution in [2.24, 2.45) is 0 Å². The van der Waals surface area contributed by atoms with E-state index in [0.29, 0.717) is 0 Å². The van der Waals surface area contributed by atoms with Crippen LogP contribution < -0.4 is 4.74 Å². The number of aryl methyl sites for hydroxylation is 1. The fourth-order valence-electron chi connectivity index (χ4n) is 3.12. The monoisotopic (exact) mass is 427 g/mol. The number of fused-ring (bicyclic) bond motifs is 1. The van der Waals surface area contributed by atoms with Crippen LogP contribution in [-0.2, 0) is 4.79 Å². The first-order valence-corrected chi connectivity index (χ1v) is 9.37. The molecule has 0 atom stereocenters. The van der Waals surface area contributed by atoms with Gasteiger partial charge in [-0.1, -0.05) is 28.1 Å². The Morgan fingerprint density at radius 2 is 1.89 bits per heavy atom. The molecule has 0 aliphatic heterocycles. The van der Waals surface area contributed by atoms with Gasteiger partial charge in [0.05, 0.1) is 13.4 Å². The highest BCUT2D eigenvalue weighted by Gasteiger charge is 2.19. The molecule has 0 saturated carbocycles. The number of furan rings is 1. The maximum atomic E-state index is 12.1. The van der Waals surface area contributed by atoms with Crippen LogP contribution in [0.25, 0.3) is 27.7 Å². The summed E-state index contributed by atoms with van der Waals surface area (Å²) in [4.78, 5) is 13.7. The van der Waals surface area contributed by atoms with E-state index >= 15 is 0 Å². The van der Waals surface area contributed by atoms with Crippen molar-refractivity contribution < 1.29 is 13.9 Å². The number of methoxy groups -OCH3 is 1. The predicted octanol–water partition coefficient (Wildman–Crippen LogP) is 5.67. The van der Waals surface area contributed by atoms with Gasteiger partial charge < -0.3 is 14.1 Å². The third-order valence-electron chi connectivity index (χ3n) is 4.61. The number of hydrogen-bond acceptors (Lipinski definition) is 3. The third kappa shape index (κ3) is 3.65. The Hall–Kier alpha value is -2.53. The van der Waals surface area contributed by atoms with Crippen LogP contribution in [0.5, 0.6) is 5.75 Å². The molecule has 1 aromatic heterocycles. The van der Waals surface area contributed by atoms with E-state index in [9.17, 15) is 4.79 Å². The molecular formula is C22H22BrNO3. The molecule has 0 spiro atoms. The van der Waals surface area contributed by atoms with E-state index in [1.165, 1.54) is 0 Å². The smallest absolute Gasteiger partial charge is 0.246 e. The Labute approximate surface area is 167 Å². The second-order valence-electron chi connectivity index (χ2n) is 6.68. The summed E-state index contributed by atoms with van der Waals surface area (Å²) in [6, 6.07) is 10.1. The van der Waals surface area contributed by atoms with Gasteiger partial charge in [0.25, 0.3) is 0 Å². The van der Waals surface area contributed by atoms with Gasteiger partial charge in [0.2, 0.25) is 5.91 Å². The van der Waals surface area contributed by atoms with Crippen molar-refractivity contribution in [3.8, 4) is 16.9 Å². The van der Waals surface area contributed by atoms with Gasteiger partial charge in [-0.2, -0.15) is 0 Å². The molecule has 0 radical (unpaired) electrons. The second-order valence-corrected chi connectivity index (χ2v) is 7.59. The third-order valence-corrected chi connectivity index (χ3v) is 5.14. The van der Waals surface area contributed by atoms with Crippen LogP contribution in [0.15, 0.2) is 51.6 Å². The van der Waals surface area contributed by atoms with Crippen LogP contribution >= 0.6 is 15.9 Å². The van der Waals surface area contributed by atoms with Gasteiger partial charge in [0, 0.05) is 46.7 Å². The quantitative estimate of drug-likeness (QED) is 0.503. The Morgan fingerprint density at radius 3 is 2.48 bits per heavy atom. The maximum Gasteiger partial charge on any atom is 0.246 e. The van der Waals surface area contributed by atoms with Crippen molar-refractivity contribution in [1.82, 2.24) is 4.90 Å². The molecule has 27 heavy (non-hydrogen) atoms. The molecule has 0 N–H and O–H groups in total. The van der Waals surface area contributed by atoms with Crippen molar-refractivity contribution in [2.45, 2.75) is 13.8 Å². The summed E-state index contributed by atoms with van der Waals surface area (Å²) in [5, 5.41) is 0.996. The standard InChI is InChI=1S/C22H22BrNO3/c1-13(10-20(25)24(3)4)17-11-18-19(15-6-8-16(23)9-7-15)12-27-22(18)14(2)21(17)26-5/h6-12H,1-5H3/b13-10+. The zero-order valence-electron chi connectivity index (χ0n) is 16.1. The molecule has 1 heterocycles. The molecule has 0 aliphatic rings. The molecule has 0 aliphatic carbocycles. The molecule has 0 saturated heterocycles. The van der Waals surface area contributed by atoms with E-state index in [2.05, 4.69) is 15.9 Å². The van der Waals surface area contributed by atoms with Gasteiger partial charge in [0.1, 0.15) is 11.3 Å². The molecule has 4 nitrogen and oxygen atoms in total. The number of likely N-dealkylation sites (N-methyl/N-ethyl adjacent to an activating group) is 1. The molecule has 3 rings (SSSR count). The summed E-state index contributed by atoms with van der Waals surface area (Å²) in [6.45, 7) is 3.89. The largest absolute Gasteiger partial charge is 0.496 e. The van der Waals surface area contributed by atoms with Crippen LogP contribution in [0, 0.1) is 6.92 Å². The number of amides is 1. The second kappa shape index (κ2) is 7.61. The summed E-state index contributed by atoms with van der Waals surface area (Å²) in [5.74, 6) is 0.659. The molecule has 5 heteroatoms. The molecule has 2 aromatic carbocycles. The van der Waals surface area contributed by atoms with Gasteiger partial charge in [-0.05, 0) is 43.2 Å². The lowest BCUT2D eigenvalue weighted by Gasteiger charge is -2.14. The number of hydrogen-bond donors (Lipinski definition) is 0. The van der Waals surface area contributed by atoms with E-state index in [0.717, 1.165) is 49.0 Å². The average Bonchev–Trinajstić information content (AvgIpc) is 3.06. The van der Waals surface area contributed by atoms with Crippen molar-refractivity contribution in [3.05, 3.63) is 58.3 Å². The number of halogens is 1. The van der Waals surface area contributed by atoms with Gasteiger partial charge in [-0.15, -0.1) is 0 Å². The van der Waals surface area contributed by atoms with Gasteiger partial charge in [0.15, 0.2) is 0 Å². The number of carbonyl (C=O) groups excluding carboxylic acids is 1. The highest BCUT2D eigenvalue weighted by molar-refractivity contribution is 9.10. The van der Waals surface area contributed by atoms with Gasteiger partial charge in [-0.3, -0.25) is 4.79 Å². The van der Waals surface area contributed by atoms with Crippen molar-refractivity contribution >= 4 is 38.4 Å². The molecule has 1 amide bonds. The molecule has 140 valence electrons. The lowest BCUT2D eigenvalue weighted by atomic mass is 9.96. The summed E-state index contributed by atoms with van der Waals surface area (Å²) >= 11 is 3.47. The number of carbonyl (C=O) groups is 1. The summed E-state index contributed by atoms with van der Waals surface area (Å²) < 4.78 is 12.5. The number of rotatable bonds is 4. The van der Waals surface area contributed by atoms with Crippen LogP contribution in [0.1, 0.15) is 18.1 Å². The average molecular weight is 428 g/mol. The zero-order chi connectivity index (χ0) is 19.7. The topological polar surface area (TPSA) is 42.7 Å². The molecule has 0 bridgehead atoms. The first-order valence-electron chi connectivity index (χ1n) is 8.58. The minimum atomic E-state index is -0.0624. The predicted molar refractivity (Wildman–Crippen MR) is 113 cm³/mol. The summed E-state index contributed by atoms with van der Waals surface area (Å²) in [6.07, 6.45) is 3.40. The highest BCUT2D eigenvalue weighted by atomic mass is 79.9. The van der Waals surface area contributed by atoms with Crippen LogP contribution in [0.4, 0.5) is 0 Å². The van der Waals surface area contributed by atoms with Gasteiger partial charge >= 0.3 is 0 Å². The molecule has 0 unspecified atom stereocenters. The van der Waals surface area contributed by atoms with Crippen molar-refractivity contribution in [3.63, 3.8) is 0 Å². The Balaban J connectivity index is 2.23. The van der Waals surface area contributed by atoms with Gasteiger partial charge in [-0.25, -0.2) is 0 Å². The van der Waals surface area contributed by atoms with Crippen LogP contribution in [0.3, 0.4) is 0 Å². The number of benzene rings is 2. The minimum Gasteiger partial charge on any atom is -0.496 e. The lowest BCUT2D eigenvalue weighted by Crippen LogP contribution is -2.19. The summed E-state index contributed by atoms with van der Waals surface area (Å²) in [5.41, 5.74) is 5.52. The Kier molecular flexibility index (Phi) is 5.42. The number of nitrogens with zero attached hydrogens (tertiary/aromatic N) is 1. The SMILES string of the molecule is COc1c(/C(C)=C/C(=O)N(C)C)cc2c(-c3ccc(Br)cc3)coc2c1C. The Morgan fingerprint density at radius 1 is 1.22 bits per heavy atom. The first-order chi connectivity index (χ1) is 12.8. The molecule has 3 aromatic rings. The normalized spacial score (nSPS) is 11.7. The lowest BCUT2D eigenvalue weighted by molar-refractivity contribution is -0.123. The minimum absolute atomic E-state index is 0.0624. The maximum absolute atomic E-state index is 12.1. The van der Waals surface area contributed by atoms with E-state index in [1.807, 2.05) is 44.2 Å². The van der Waals surface area contributed by atoms with Crippen molar-refractivity contribution in [1.29, 1.82) is 0 Å². The van der Waals surface area contributed by atoms with Crippen LogP contribution in [0.2, 0.25) is 0 Å². The van der Waals surface area contributed by atoms with E-state index < -0.39 is 0 Å². The fourth-order valence-corrected chi connectivity index (χ4v) is 3.38.